The summed E-state index contributed by atoms with van der Waals surface area (Å²) >= 11 is 0. The van der Waals surface area contributed by atoms with Crippen LogP contribution in [0.2, 0.25) is 0 Å². The minimum absolute atomic E-state index is 0.345. The second kappa shape index (κ2) is 2.36. The van der Waals surface area contributed by atoms with Crippen LogP contribution in [0.15, 0.2) is 30.3 Å². The van der Waals surface area contributed by atoms with E-state index in [0.29, 0.717) is 6.10 Å². The molecule has 0 spiro atoms. The van der Waals surface area contributed by atoms with Gasteiger partial charge in [0.15, 0.2) is 0 Å². The maximum absolute atomic E-state index is 5.28. The Balaban J connectivity index is 2.30. The molecule has 0 N–H and O–H groups in total. The van der Waals surface area contributed by atoms with Gasteiger partial charge in [0.05, 0.1) is 6.61 Å². The second-order valence-electron chi connectivity index (χ2n) is 3.51. The summed E-state index contributed by atoms with van der Waals surface area (Å²) in [5.74, 6) is 0. The average Bonchev–Trinajstić information content (AvgIpc) is 2.94. The van der Waals surface area contributed by atoms with Crippen LogP contribution in [0.4, 0.5) is 0 Å². The van der Waals surface area contributed by atoms with Gasteiger partial charge in [0, 0.05) is 18.3 Å². The molecular weight excluding hydrogens is 162 g/mol. The number of aryl methyl sites for hydroxylation is 1. The zero-order valence-electron chi connectivity index (χ0n) is 7.53. The van der Waals surface area contributed by atoms with E-state index in [9.17, 15) is 0 Å². The van der Waals surface area contributed by atoms with Crippen LogP contribution in [0.25, 0.3) is 10.9 Å². The van der Waals surface area contributed by atoms with E-state index >= 15 is 0 Å². The van der Waals surface area contributed by atoms with Gasteiger partial charge in [-0.3, -0.25) is 0 Å². The molecule has 2 heteroatoms. The van der Waals surface area contributed by atoms with Gasteiger partial charge >= 0.3 is 0 Å². The number of para-hydroxylation sites is 1. The Morgan fingerprint density at radius 1 is 1.38 bits per heavy atom. The van der Waals surface area contributed by atoms with E-state index in [-0.39, 0.29) is 0 Å². The van der Waals surface area contributed by atoms with E-state index in [4.69, 9.17) is 4.74 Å². The normalized spacial score (nSPS) is 20.8. The fourth-order valence-corrected chi connectivity index (χ4v) is 1.84. The molecule has 1 saturated heterocycles. The summed E-state index contributed by atoms with van der Waals surface area (Å²) in [6.45, 7) is 0.879. The Morgan fingerprint density at radius 2 is 2.15 bits per heavy atom. The highest BCUT2D eigenvalue weighted by Gasteiger charge is 2.27. The summed E-state index contributed by atoms with van der Waals surface area (Å²) in [6.07, 6.45) is 0.345. The van der Waals surface area contributed by atoms with Crippen LogP contribution in [-0.2, 0) is 11.8 Å². The molecule has 1 aliphatic heterocycles. The monoisotopic (exact) mass is 173 g/mol. The number of epoxide rings is 1. The fourth-order valence-electron chi connectivity index (χ4n) is 1.84. The molecule has 66 valence electrons. The molecule has 1 aromatic carbocycles. The summed E-state index contributed by atoms with van der Waals surface area (Å²) in [6, 6.07) is 10.6. The topological polar surface area (TPSA) is 17.5 Å². The van der Waals surface area contributed by atoms with Crippen LogP contribution in [0.5, 0.6) is 0 Å². The van der Waals surface area contributed by atoms with Gasteiger partial charge in [0.1, 0.15) is 6.10 Å². The van der Waals surface area contributed by atoms with Crippen molar-refractivity contribution in [3.8, 4) is 0 Å². The lowest BCUT2D eigenvalue weighted by Gasteiger charge is -1.99. The zero-order chi connectivity index (χ0) is 8.84. The van der Waals surface area contributed by atoms with Crippen LogP contribution in [0.1, 0.15) is 11.8 Å². The van der Waals surface area contributed by atoms with Gasteiger partial charge in [0.25, 0.3) is 0 Å². The standard InChI is InChI=1S/C11H11NO/c1-12-9-5-3-2-4-8(9)6-10(12)11-7-13-11/h2-6,11H,7H2,1H3. The minimum Gasteiger partial charge on any atom is -0.366 e. The summed E-state index contributed by atoms with van der Waals surface area (Å²) in [5, 5.41) is 1.30. The number of aromatic nitrogens is 1. The van der Waals surface area contributed by atoms with Gasteiger partial charge in [-0.1, -0.05) is 18.2 Å². The highest BCUT2D eigenvalue weighted by molar-refractivity contribution is 5.81. The SMILES string of the molecule is Cn1c(C2CO2)cc2ccccc21. The molecule has 0 radical (unpaired) electrons. The molecule has 2 aromatic rings. The number of rotatable bonds is 1. The van der Waals surface area contributed by atoms with Crippen molar-refractivity contribution in [3.05, 3.63) is 36.0 Å². The lowest BCUT2D eigenvalue weighted by Crippen LogP contribution is -1.93. The van der Waals surface area contributed by atoms with Gasteiger partial charge in [-0.2, -0.15) is 0 Å². The smallest absolute Gasteiger partial charge is 0.121 e. The molecule has 1 atom stereocenters. The first kappa shape index (κ1) is 7.15. The second-order valence-corrected chi connectivity index (χ2v) is 3.51. The van der Waals surface area contributed by atoms with Crippen LogP contribution in [0, 0.1) is 0 Å². The molecule has 0 saturated carbocycles. The van der Waals surface area contributed by atoms with Gasteiger partial charge in [0.2, 0.25) is 0 Å². The van der Waals surface area contributed by atoms with E-state index in [2.05, 4.69) is 41.9 Å². The predicted octanol–water partition coefficient (Wildman–Crippen LogP) is 2.25. The Labute approximate surface area is 76.7 Å². The van der Waals surface area contributed by atoms with Gasteiger partial charge in [-0.25, -0.2) is 0 Å². The van der Waals surface area contributed by atoms with Crippen molar-refractivity contribution >= 4 is 10.9 Å². The molecule has 2 heterocycles. The minimum atomic E-state index is 0.345. The molecule has 3 rings (SSSR count). The lowest BCUT2D eigenvalue weighted by molar-refractivity contribution is 0.407. The highest BCUT2D eigenvalue weighted by Crippen LogP contribution is 2.33. The lowest BCUT2D eigenvalue weighted by atomic mass is 10.2. The first-order valence-electron chi connectivity index (χ1n) is 4.52. The summed E-state index contributed by atoms with van der Waals surface area (Å²) < 4.78 is 7.50. The third kappa shape index (κ3) is 0.988. The van der Waals surface area contributed by atoms with Gasteiger partial charge in [-0.05, 0) is 17.5 Å². The number of ether oxygens (including phenoxy) is 1. The molecule has 2 nitrogen and oxygen atoms in total. The Hall–Kier alpha value is -1.28. The average molecular weight is 173 g/mol. The number of benzene rings is 1. The molecule has 13 heavy (non-hydrogen) atoms. The third-order valence-electron chi connectivity index (χ3n) is 2.65. The molecule has 1 aliphatic rings. The molecular formula is C11H11NO. The molecule has 0 bridgehead atoms. The van der Waals surface area contributed by atoms with Gasteiger partial charge < -0.3 is 9.30 Å². The fraction of sp³-hybridized carbons (Fsp3) is 0.273. The molecule has 1 unspecified atom stereocenters. The molecule has 0 amide bonds. The van der Waals surface area contributed by atoms with Crippen LogP contribution in [0.3, 0.4) is 0 Å². The van der Waals surface area contributed by atoms with E-state index in [1.165, 1.54) is 16.6 Å². The highest BCUT2D eigenvalue weighted by atomic mass is 16.6. The van der Waals surface area contributed by atoms with Crippen molar-refractivity contribution in [2.24, 2.45) is 7.05 Å². The summed E-state index contributed by atoms with van der Waals surface area (Å²) in [7, 11) is 2.10. The van der Waals surface area contributed by atoms with Crippen molar-refractivity contribution in [2.75, 3.05) is 6.61 Å². The first-order chi connectivity index (χ1) is 6.36. The number of hydrogen-bond donors (Lipinski definition) is 0. The van der Waals surface area contributed by atoms with Gasteiger partial charge in [-0.15, -0.1) is 0 Å². The van der Waals surface area contributed by atoms with E-state index in [1.54, 1.807) is 0 Å². The maximum Gasteiger partial charge on any atom is 0.121 e. The number of fused-ring (bicyclic) bond motifs is 1. The third-order valence-corrected chi connectivity index (χ3v) is 2.65. The van der Waals surface area contributed by atoms with E-state index < -0.39 is 0 Å². The zero-order valence-corrected chi connectivity index (χ0v) is 7.53. The Kier molecular flexibility index (Phi) is 1.30. The quantitative estimate of drug-likeness (QED) is 0.604. The number of nitrogens with zero attached hydrogens (tertiary/aromatic N) is 1. The molecule has 1 aromatic heterocycles. The van der Waals surface area contributed by atoms with E-state index in [0.717, 1.165) is 6.61 Å². The summed E-state index contributed by atoms with van der Waals surface area (Å²) in [4.78, 5) is 0. The summed E-state index contributed by atoms with van der Waals surface area (Å²) in [5.41, 5.74) is 2.58. The van der Waals surface area contributed by atoms with Crippen molar-refractivity contribution < 1.29 is 4.74 Å². The predicted molar refractivity (Wildman–Crippen MR) is 51.6 cm³/mol. The number of hydrogen-bond acceptors (Lipinski definition) is 1. The van der Waals surface area contributed by atoms with Crippen LogP contribution < -0.4 is 0 Å². The molecule has 0 aliphatic carbocycles. The first-order valence-corrected chi connectivity index (χ1v) is 4.52. The Morgan fingerprint density at radius 3 is 2.85 bits per heavy atom. The van der Waals surface area contributed by atoms with Crippen LogP contribution >= 0.6 is 0 Å². The van der Waals surface area contributed by atoms with E-state index in [1.807, 2.05) is 0 Å². The maximum atomic E-state index is 5.28. The Bertz CT molecular complexity index is 454. The van der Waals surface area contributed by atoms with Crippen molar-refractivity contribution in [3.63, 3.8) is 0 Å². The van der Waals surface area contributed by atoms with Crippen molar-refractivity contribution in [1.29, 1.82) is 0 Å². The van der Waals surface area contributed by atoms with Crippen molar-refractivity contribution in [2.45, 2.75) is 6.10 Å². The largest absolute Gasteiger partial charge is 0.366 e. The van der Waals surface area contributed by atoms with Crippen molar-refractivity contribution in [1.82, 2.24) is 4.57 Å². The molecule has 1 fully saturated rings. The van der Waals surface area contributed by atoms with Crippen LogP contribution in [-0.4, -0.2) is 11.2 Å².